The molecule has 2 rings (SSSR count). The highest BCUT2D eigenvalue weighted by Gasteiger charge is 2.23. The topological polar surface area (TPSA) is 88.1 Å². The van der Waals surface area contributed by atoms with Gasteiger partial charge in [-0.1, -0.05) is 30.3 Å². The molecule has 0 heterocycles. The standard InChI is InChI=1S/C19H22N2O5/c1-25-15-8-9-17(26-2)16(12-15)20-18(23)19(24)21(10-11-22)13-14-6-4-3-5-7-14/h3-9,12,22H,10-11,13H2,1-2H3,(H,20,23). The lowest BCUT2D eigenvalue weighted by Gasteiger charge is -2.21. The predicted octanol–water partition coefficient (Wildman–Crippen LogP) is 1.66. The van der Waals surface area contributed by atoms with E-state index in [4.69, 9.17) is 9.47 Å². The Bertz CT molecular complexity index is 749. The van der Waals surface area contributed by atoms with Crippen LogP contribution >= 0.6 is 0 Å². The average Bonchev–Trinajstić information content (AvgIpc) is 2.67. The molecular weight excluding hydrogens is 336 g/mol. The molecule has 7 nitrogen and oxygen atoms in total. The van der Waals surface area contributed by atoms with E-state index < -0.39 is 11.8 Å². The lowest BCUT2D eigenvalue weighted by atomic mass is 10.2. The van der Waals surface area contributed by atoms with Crippen LogP contribution in [0.2, 0.25) is 0 Å². The summed E-state index contributed by atoms with van der Waals surface area (Å²) in [5.41, 5.74) is 1.19. The van der Waals surface area contributed by atoms with Crippen molar-refractivity contribution in [2.45, 2.75) is 6.54 Å². The van der Waals surface area contributed by atoms with Crippen molar-refractivity contribution in [3.8, 4) is 11.5 Å². The molecule has 0 fully saturated rings. The van der Waals surface area contributed by atoms with Gasteiger partial charge >= 0.3 is 11.8 Å². The Hall–Kier alpha value is -3.06. The van der Waals surface area contributed by atoms with Gasteiger partial charge in [-0.15, -0.1) is 0 Å². The number of amides is 2. The second-order valence-electron chi connectivity index (χ2n) is 5.46. The maximum Gasteiger partial charge on any atom is 0.314 e. The van der Waals surface area contributed by atoms with E-state index in [-0.39, 0.29) is 19.7 Å². The maximum absolute atomic E-state index is 12.5. The van der Waals surface area contributed by atoms with Crippen molar-refractivity contribution >= 4 is 17.5 Å². The first-order valence-electron chi connectivity index (χ1n) is 8.06. The monoisotopic (exact) mass is 358 g/mol. The largest absolute Gasteiger partial charge is 0.497 e. The smallest absolute Gasteiger partial charge is 0.314 e. The molecular formula is C19H22N2O5. The highest BCUT2D eigenvalue weighted by Crippen LogP contribution is 2.28. The van der Waals surface area contributed by atoms with Gasteiger partial charge in [-0.2, -0.15) is 0 Å². The van der Waals surface area contributed by atoms with Crippen molar-refractivity contribution in [1.82, 2.24) is 4.90 Å². The molecule has 0 spiro atoms. The van der Waals surface area contributed by atoms with E-state index in [0.29, 0.717) is 17.2 Å². The van der Waals surface area contributed by atoms with Crippen LogP contribution in [0.1, 0.15) is 5.56 Å². The van der Waals surface area contributed by atoms with Crippen molar-refractivity contribution < 1.29 is 24.2 Å². The van der Waals surface area contributed by atoms with Gasteiger partial charge in [-0.25, -0.2) is 0 Å². The van der Waals surface area contributed by atoms with E-state index >= 15 is 0 Å². The van der Waals surface area contributed by atoms with Crippen LogP contribution in [-0.4, -0.2) is 49.2 Å². The molecule has 0 saturated heterocycles. The molecule has 0 bridgehead atoms. The van der Waals surface area contributed by atoms with Crippen LogP contribution in [0.3, 0.4) is 0 Å². The van der Waals surface area contributed by atoms with E-state index in [1.54, 1.807) is 18.2 Å². The van der Waals surface area contributed by atoms with E-state index in [1.807, 2.05) is 30.3 Å². The number of rotatable bonds is 7. The number of nitrogens with one attached hydrogen (secondary N) is 1. The molecule has 0 atom stereocenters. The number of carbonyl (C=O) groups is 2. The summed E-state index contributed by atoms with van der Waals surface area (Å²) in [5.74, 6) is -0.637. The van der Waals surface area contributed by atoms with E-state index in [0.717, 1.165) is 5.56 Å². The molecule has 0 radical (unpaired) electrons. The van der Waals surface area contributed by atoms with Gasteiger partial charge in [-0.3, -0.25) is 9.59 Å². The minimum atomic E-state index is -0.819. The number of methoxy groups -OCH3 is 2. The highest BCUT2D eigenvalue weighted by molar-refractivity contribution is 6.39. The predicted molar refractivity (Wildman–Crippen MR) is 97.1 cm³/mol. The molecule has 2 amide bonds. The zero-order valence-corrected chi connectivity index (χ0v) is 14.8. The summed E-state index contributed by atoms with van der Waals surface area (Å²) in [6.45, 7) is 0.0353. The number of ether oxygens (including phenoxy) is 2. The normalized spacial score (nSPS) is 10.1. The zero-order valence-electron chi connectivity index (χ0n) is 14.8. The number of aliphatic hydroxyl groups is 1. The molecule has 0 unspecified atom stereocenters. The lowest BCUT2D eigenvalue weighted by molar-refractivity contribution is -0.143. The first kappa shape index (κ1) is 19.3. The summed E-state index contributed by atoms with van der Waals surface area (Å²) in [7, 11) is 2.97. The number of aliphatic hydroxyl groups excluding tert-OH is 1. The number of hydrogen-bond donors (Lipinski definition) is 2. The van der Waals surface area contributed by atoms with E-state index in [1.165, 1.54) is 19.1 Å². The van der Waals surface area contributed by atoms with Gasteiger partial charge in [-0.05, 0) is 17.7 Å². The molecule has 2 aromatic rings. The van der Waals surface area contributed by atoms with E-state index in [9.17, 15) is 14.7 Å². The fourth-order valence-corrected chi connectivity index (χ4v) is 2.41. The highest BCUT2D eigenvalue weighted by atomic mass is 16.5. The van der Waals surface area contributed by atoms with Gasteiger partial charge in [0, 0.05) is 19.2 Å². The second kappa shape index (κ2) is 9.43. The summed E-state index contributed by atoms with van der Waals surface area (Å²) in [5, 5.41) is 11.8. The Balaban J connectivity index is 2.14. The Morgan fingerprint density at radius 2 is 1.81 bits per heavy atom. The number of anilines is 1. The van der Waals surface area contributed by atoms with Gasteiger partial charge in [0.1, 0.15) is 11.5 Å². The second-order valence-corrected chi connectivity index (χ2v) is 5.46. The fourth-order valence-electron chi connectivity index (χ4n) is 2.41. The van der Waals surface area contributed by atoms with Gasteiger partial charge in [0.2, 0.25) is 0 Å². The molecule has 0 aliphatic heterocycles. The van der Waals surface area contributed by atoms with Crippen molar-refractivity contribution in [2.24, 2.45) is 0 Å². The third kappa shape index (κ3) is 4.97. The summed E-state index contributed by atoms with van der Waals surface area (Å²) in [6.07, 6.45) is 0. The molecule has 0 saturated carbocycles. The van der Waals surface area contributed by atoms with Crippen molar-refractivity contribution in [3.05, 3.63) is 54.1 Å². The Morgan fingerprint density at radius 1 is 1.08 bits per heavy atom. The fraction of sp³-hybridized carbons (Fsp3) is 0.263. The first-order valence-corrected chi connectivity index (χ1v) is 8.06. The van der Waals surface area contributed by atoms with Gasteiger partial charge < -0.3 is 24.8 Å². The van der Waals surface area contributed by atoms with E-state index in [2.05, 4.69) is 5.32 Å². The minimum Gasteiger partial charge on any atom is -0.497 e. The Kier molecular flexibility index (Phi) is 6.99. The van der Waals surface area contributed by atoms with Crippen molar-refractivity contribution in [3.63, 3.8) is 0 Å². The number of carbonyl (C=O) groups excluding carboxylic acids is 2. The molecule has 0 aromatic heterocycles. The number of nitrogens with zero attached hydrogens (tertiary/aromatic N) is 1. The lowest BCUT2D eigenvalue weighted by Crippen LogP contribution is -2.40. The zero-order chi connectivity index (χ0) is 18.9. The molecule has 138 valence electrons. The van der Waals surface area contributed by atoms with Crippen LogP contribution in [0.5, 0.6) is 11.5 Å². The molecule has 0 aliphatic rings. The number of benzene rings is 2. The van der Waals surface area contributed by atoms with Crippen LogP contribution < -0.4 is 14.8 Å². The Labute approximate surface area is 152 Å². The first-order chi connectivity index (χ1) is 12.6. The Morgan fingerprint density at radius 3 is 2.42 bits per heavy atom. The molecule has 7 heteroatoms. The average molecular weight is 358 g/mol. The summed E-state index contributed by atoms with van der Waals surface area (Å²) in [6, 6.07) is 14.1. The van der Waals surface area contributed by atoms with Crippen LogP contribution in [0, 0.1) is 0 Å². The third-order valence-electron chi connectivity index (χ3n) is 3.72. The molecule has 26 heavy (non-hydrogen) atoms. The molecule has 2 aromatic carbocycles. The maximum atomic E-state index is 12.5. The van der Waals surface area contributed by atoms with Crippen LogP contribution in [0.15, 0.2) is 48.5 Å². The van der Waals surface area contributed by atoms with Crippen LogP contribution in [-0.2, 0) is 16.1 Å². The SMILES string of the molecule is COc1ccc(OC)c(NC(=O)C(=O)N(CCO)Cc2ccccc2)c1. The van der Waals surface area contributed by atoms with Crippen LogP contribution in [0.4, 0.5) is 5.69 Å². The van der Waals surface area contributed by atoms with Gasteiger partial charge in [0.25, 0.3) is 0 Å². The third-order valence-corrected chi connectivity index (χ3v) is 3.72. The van der Waals surface area contributed by atoms with Crippen molar-refractivity contribution in [1.29, 1.82) is 0 Å². The van der Waals surface area contributed by atoms with Gasteiger partial charge in [0.05, 0.1) is 26.5 Å². The van der Waals surface area contributed by atoms with Crippen molar-refractivity contribution in [2.75, 3.05) is 32.7 Å². The van der Waals surface area contributed by atoms with Crippen LogP contribution in [0.25, 0.3) is 0 Å². The summed E-state index contributed by atoms with van der Waals surface area (Å²) < 4.78 is 10.3. The quantitative estimate of drug-likeness (QED) is 0.735. The minimum absolute atomic E-state index is 0.0520. The molecule has 0 aliphatic carbocycles. The van der Waals surface area contributed by atoms with Gasteiger partial charge in [0.15, 0.2) is 0 Å². The number of hydrogen-bond acceptors (Lipinski definition) is 5. The molecule has 2 N–H and O–H groups in total. The summed E-state index contributed by atoms with van der Waals surface area (Å²) in [4.78, 5) is 26.2. The summed E-state index contributed by atoms with van der Waals surface area (Å²) >= 11 is 0.